The Balaban J connectivity index is 1.70. The number of hydrogen-bond acceptors (Lipinski definition) is 6. The standard InChI is InChI=1S/C24H29NO6/c1-3-28-19-7-5-17(13-21(19)29-4-2)23(25-11-9-16(10-12-25)24(26)27)18-6-8-20-22(14-18)31-15-30-20/h5-8,13-14,16,23H,3-4,9-12,15H2,1-2H3,(H,26,27). The maximum Gasteiger partial charge on any atom is 0.306 e. The van der Waals surface area contributed by atoms with E-state index in [4.69, 9.17) is 18.9 Å². The van der Waals surface area contributed by atoms with Gasteiger partial charge in [-0.3, -0.25) is 9.69 Å². The highest BCUT2D eigenvalue weighted by Gasteiger charge is 2.31. The molecule has 1 saturated heterocycles. The van der Waals surface area contributed by atoms with Gasteiger partial charge in [0.2, 0.25) is 6.79 Å². The molecule has 1 unspecified atom stereocenters. The lowest BCUT2D eigenvalue weighted by atomic mass is 9.91. The molecule has 1 atom stereocenters. The molecule has 0 aromatic heterocycles. The van der Waals surface area contributed by atoms with E-state index in [1.54, 1.807) is 0 Å². The molecule has 0 radical (unpaired) electrons. The fourth-order valence-electron chi connectivity index (χ4n) is 4.34. The molecule has 7 heteroatoms. The van der Waals surface area contributed by atoms with Crippen LogP contribution < -0.4 is 18.9 Å². The highest BCUT2D eigenvalue weighted by atomic mass is 16.7. The van der Waals surface area contributed by atoms with Gasteiger partial charge >= 0.3 is 5.97 Å². The van der Waals surface area contributed by atoms with E-state index in [2.05, 4.69) is 17.0 Å². The van der Waals surface area contributed by atoms with Crippen LogP contribution in [-0.4, -0.2) is 49.1 Å². The second kappa shape index (κ2) is 9.47. The Kier molecular flexibility index (Phi) is 6.51. The Morgan fingerprint density at radius 3 is 2.35 bits per heavy atom. The molecule has 2 heterocycles. The highest BCUT2D eigenvalue weighted by molar-refractivity contribution is 5.70. The Morgan fingerprint density at radius 1 is 1.00 bits per heavy atom. The van der Waals surface area contributed by atoms with Gasteiger partial charge in [-0.05, 0) is 75.2 Å². The van der Waals surface area contributed by atoms with Crippen molar-refractivity contribution in [3.8, 4) is 23.0 Å². The Bertz CT molecular complexity index is 922. The summed E-state index contributed by atoms with van der Waals surface area (Å²) in [6.45, 7) is 6.64. The van der Waals surface area contributed by atoms with E-state index < -0.39 is 5.97 Å². The highest BCUT2D eigenvalue weighted by Crippen LogP contribution is 2.41. The van der Waals surface area contributed by atoms with Gasteiger partial charge in [-0.25, -0.2) is 0 Å². The lowest BCUT2D eigenvalue weighted by Gasteiger charge is -2.37. The van der Waals surface area contributed by atoms with Crippen LogP contribution in [0.2, 0.25) is 0 Å². The van der Waals surface area contributed by atoms with Crippen LogP contribution in [0.4, 0.5) is 0 Å². The zero-order chi connectivity index (χ0) is 21.8. The zero-order valence-corrected chi connectivity index (χ0v) is 18.0. The Morgan fingerprint density at radius 2 is 1.65 bits per heavy atom. The summed E-state index contributed by atoms with van der Waals surface area (Å²) in [5.74, 6) is 1.93. The molecule has 7 nitrogen and oxygen atoms in total. The molecule has 2 aromatic carbocycles. The van der Waals surface area contributed by atoms with E-state index in [0.29, 0.717) is 44.9 Å². The second-order valence-corrected chi connectivity index (χ2v) is 7.74. The Hall–Kier alpha value is -2.93. The number of likely N-dealkylation sites (tertiary alicyclic amines) is 1. The molecular weight excluding hydrogens is 398 g/mol. The van der Waals surface area contributed by atoms with E-state index in [1.807, 2.05) is 38.1 Å². The summed E-state index contributed by atoms with van der Waals surface area (Å²) >= 11 is 0. The molecule has 1 N–H and O–H groups in total. The summed E-state index contributed by atoms with van der Waals surface area (Å²) in [5.41, 5.74) is 2.14. The van der Waals surface area contributed by atoms with E-state index in [0.717, 1.165) is 28.4 Å². The average Bonchev–Trinajstić information content (AvgIpc) is 3.24. The first-order valence-electron chi connectivity index (χ1n) is 10.9. The normalized spacial score (nSPS) is 17.4. The molecule has 2 aromatic rings. The van der Waals surface area contributed by atoms with Gasteiger partial charge < -0.3 is 24.1 Å². The van der Waals surface area contributed by atoms with Crippen LogP contribution in [-0.2, 0) is 4.79 Å². The molecule has 0 bridgehead atoms. The zero-order valence-electron chi connectivity index (χ0n) is 18.0. The quantitative estimate of drug-likeness (QED) is 0.680. The fraction of sp³-hybridized carbons (Fsp3) is 0.458. The largest absolute Gasteiger partial charge is 0.490 e. The molecule has 0 saturated carbocycles. The smallest absolute Gasteiger partial charge is 0.306 e. The van der Waals surface area contributed by atoms with Crippen molar-refractivity contribution in [2.75, 3.05) is 33.1 Å². The van der Waals surface area contributed by atoms with Gasteiger partial charge in [-0.2, -0.15) is 0 Å². The van der Waals surface area contributed by atoms with Crippen LogP contribution in [0.1, 0.15) is 43.9 Å². The monoisotopic (exact) mass is 427 g/mol. The third-order valence-corrected chi connectivity index (χ3v) is 5.84. The van der Waals surface area contributed by atoms with Crippen LogP contribution in [0.3, 0.4) is 0 Å². The van der Waals surface area contributed by atoms with Crippen LogP contribution >= 0.6 is 0 Å². The van der Waals surface area contributed by atoms with Crippen LogP contribution in [0.5, 0.6) is 23.0 Å². The van der Waals surface area contributed by atoms with Crippen molar-refractivity contribution in [1.29, 1.82) is 0 Å². The lowest BCUT2D eigenvalue weighted by Crippen LogP contribution is -2.39. The summed E-state index contributed by atoms with van der Waals surface area (Å²) < 4.78 is 22.7. The van der Waals surface area contributed by atoms with Crippen molar-refractivity contribution in [1.82, 2.24) is 4.90 Å². The molecule has 0 aliphatic carbocycles. The first-order chi connectivity index (χ1) is 15.1. The topological polar surface area (TPSA) is 77.5 Å². The van der Waals surface area contributed by atoms with Gasteiger partial charge in [0.1, 0.15) is 0 Å². The number of piperidine rings is 1. The van der Waals surface area contributed by atoms with Gasteiger partial charge in [0, 0.05) is 0 Å². The molecule has 166 valence electrons. The van der Waals surface area contributed by atoms with Crippen molar-refractivity contribution in [2.24, 2.45) is 5.92 Å². The van der Waals surface area contributed by atoms with E-state index in [-0.39, 0.29) is 18.8 Å². The number of aliphatic carboxylic acids is 1. The maximum absolute atomic E-state index is 11.4. The molecule has 4 rings (SSSR count). The minimum absolute atomic E-state index is 0.0564. The first-order valence-corrected chi connectivity index (χ1v) is 10.9. The number of carboxylic acids is 1. The second-order valence-electron chi connectivity index (χ2n) is 7.74. The molecule has 0 spiro atoms. The average molecular weight is 427 g/mol. The van der Waals surface area contributed by atoms with Crippen LogP contribution in [0.15, 0.2) is 36.4 Å². The minimum Gasteiger partial charge on any atom is -0.490 e. The van der Waals surface area contributed by atoms with E-state index >= 15 is 0 Å². The van der Waals surface area contributed by atoms with Crippen molar-refractivity contribution >= 4 is 5.97 Å². The van der Waals surface area contributed by atoms with Gasteiger partial charge in [-0.1, -0.05) is 12.1 Å². The number of carbonyl (C=O) groups is 1. The lowest BCUT2D eigenvalue weighted by molar-refractivity contribution is -0.143. The number of rotatable bonds is 8. The van der Waals surface area contributed by atoms with Crippen molar-refractivity contribution in [3.05, 3.63) is 47.5 Å². The number of carboxylic acid groups (broad SMARTS) is 1. The maximum atomic E-state index is 11.4. The predicted octanol–water partition coefficient (Wildman–Crippen LogP) is 4.10. The van der Waals surface area contributed by atoms with Crippen molar-refractivity contribution < 1.29 is 28.8 Å². The van der Waals surface area contributed by atoms with E-state index in [9.17, 15) is 9.90 Å². The summed E-state index contributed by atoms with van der Waals surface area (Å²) in [6.07, 6.45) is 1.26. The molecule has 1 fully saturated rings. The molecular formula is C24H29NO6. The molecule has 2 aliphatic rings. The van der Waals surface area contributed by atoms with Gasteiger partial charge in [-0.15, -0.1) is 0 Å². The van der Waals surface area contributed by atoms with Crippen molar-refractivity contribution in [3.63, 3.8) is 0 Å². The summed E-state index contributed by atoms with van der Waals surface area (Å²) in [6, 6.07) is 12.0. The summed E-state index contributed by atoms with van der Waals surface area (Å²) in [4.78, 5) is 13.8. The van der Waals surface area contributed by atoms with Crippen LogP contribution in [0.25, 0.3) is 0 Å². The van der Waals surface area contributed by atoms with Crippen molar-refractivity contribution in [2.45, 2.75) is 32.7 Å². The number of fused-ring (bicyclic) bond motifs is 1. The molecule has 2 aliphatic heterocycles. The molecule has 0 amide bonds. The van der Waals surface area contributed by atoms with Gasteiger partial charge in [0.15, 0.2) is 23.0 Å². The fourth-order valence-corrected chi connectivity index (χ4v) is 4.34. The van der Waals surface area contributed by atoms with E-state index in [1.165, 1.54) is 0 Å². The predicted molar refractivity (Wildman–Crippen MR) is 115 cm³/mol. The summed E-state index contributed by atoms with van der Waals surface area (Å²) in [7, 11) is 0. The third kappa shape index (κ3) is 4.56. The third-order valence-electron chi connectivity index (χ3n) is 5.84. The van der Waals surface area contributed by atoms with Crippen LogP contribution in [0, 0.1) is 5.92 Å². The molecule has 31 heavy (non-hydrogen) atoms. The Labute approximate surface area is 182 Å². The minimum atomic E-state index is -0.709. The van der Waals surface area contributed by atoms with Gasteiger partial charge in [0.25, 0.3) is 0 Å². The number of hydrogen-bond donors (Lipinski definition) is 1. The number of nitrogens with zero attached hydrogens (tertiary/aromatic N) is 1. The first kappa shape index (κ1) is 21.3. The van der Waals surface area contributed by atoms with Gasteiger partial charge in [0.05, 0.1) is 25.2 Å². The number of ether oxygens (including phenoxy) is 4. The SMILES string of the molecule is CCOc1ccc(C(c2ccc3c(c2)OCO3)N2CCC(C(=O)O)CC2)cc1OCC. The summed E-state index contributed by atoms with van der Waals surface area (Å²) in [5, 5.41) is 9.40. The number of benzene rings is 2.